The normalized spacial score (nSPS) is 26.1. The molecule has 0 heterocycles. The van der Waals surface area contributed by atoms with Crippen molar-refractivity contribution in [3.05, 3.63) is 0 Å². The van der Waals surface area contributed by atoms with E-state index in [0.29, 0.717) is 6.42 Å². The summed E-state index contributed by atoms with van der Waals surface area (Å²) in [6.45, 7) is 5.15. The zero-order valence-electron chi connectivity index (χ0n) is 11.8. The summed E-state index contributed by atoms with van der Waals surface area (Å²) < 4.78 is 4.64. The highest BCUT2D eigenvalue weighted by atomic mass is 16.5. The molecule has 0 N–H and O–H groups in total. The van der Waals surface area contributed by atoms with E-state index in [4.69, 9.17) is 0 Å². The van der Waals surface area contributed by atoms with Crippen molar-refractivity contribution in [2.24, 2.45) is 17.3 Å². The first-order valence-corrected chi connectivity index (χ1v) is 6.43. The van der Waals surface area contributed by atoms with E-state index in [-0.39, 0.29) is 24.4 Å². The summed E-state index contributed by atoms with van der Waals surface area (Å²) in [5, 5.41) is 0. The van der Waals surface area contributed by atoms with Crippen LogP contribution in [0.25, 0.3) is 0 Å². The summed E-state index contributed by atoms with van der Waals surface area (Å²) in [4.78, 5) is 48.0. The molecule has 2 atom stereocenters. The number of carbonyl (C=O) groups is 4. The van der Waals surface area contributed by atoms with Crippen LogP contribution in [-0.4, -0.2) is 30.4 Å². The van der Waals surface area contributed by atoms with E-state index >= 15 is 0 Å². The van der Waals surface area contributed by atoms with E-state index in [1.165, 1.54) is 7.11 Å². The van der Waals surface area contributed by atoms with Crippen molar-refractivity contribution in [3.63, 3.8) is 0 Å². The van der Waals surface area contributed by atoms with Crippen LogP contribution in [0.15, 0.2) is 0 Å². The molecule has 1 rings (SSSR count). The molecule has 0 saturated heterocycles. The van der Waals surface area contributed by atoms with Gasteiger partial charge in [-0.15, -0.1) is 0 Å². The molecule has 0 unspecified atom stereocenters. The summed E-state index contributed by atoms with van der Waals surface area (Å²) in [7, 11) is 1.20. The number of rotatable bonds is 4. The Morgan fingerprint density at radius 1 is 1.32 bits per heavy atom. The second-order valence-corrected chi connectivity index (χ2v) is 5.64. The van der Waals surface area contributed by atoms with Crippen LogP contribution >= 0.6 is 0 Å². The van der Waals surface area contributed by atoms with Crippen molar-refractivity contribution in [3.8, 4) is 0 Å². The van der Waals surface area contributed by atoms with E-state index in [2.05, 4.69) is 4.74 Å². The molecule has 5 heteroatoms. The number of methoxy groups -OCH3 is 1. The summed E-state index contributed by atoms with van der Waals surface area (Å²) in [5.41, 5.74) is -0.801. The second kappa shape index (κ2) is 5.63. The molecule has 1 saturated carbocycles. The van der Waals surface area contributed by atoms with Crippen molar-refractivity contribution in [2.45, 2.75) is 40.0 Å². The molecule has 0 aliphatic heterocycles. The summed E-state index contributed by atoms with van der Waals surface area (Å²) in [6.07, 6.45) is 0.789. The fourth-order valence-corrected chi connectivity index (χ4v) is 2.65. The van der Waals surface area contributed by atoms with E-state index in [1.807, 2.05) is 0 Å². The number of ether oxygens (including phenoxy) is 1. The summed E-state index contributed by atoms with van der Waals surface area (Å²) >= 11 is 0. The predicted molar refractivity (Wildman–Crippen MR) is 67.3 cm³/mol. The average molecular weight is 268 g/mol. The molecule has 0 radical (unpaired) electrons. The summed E-state index contributed by atoms with van der Waals surface area (Å²) in [6, 6.07) is 0. The second-order valence-electron chi connectivity index (χ2n) is 5.64. The molecule has 0 aromatic carbocycles. The zero-order chi connectivity index (χ0) is 14.8. The predicted octanol–water partition coefficient (Wildman–Crippen LogP) is 1.33. The third-order valence-corrected chi connectivity index (χ3v) is 3.56. The first kappa shape index (κ1) is 15.5. The number of ketones is 3. The van der Waals surface area contributed by atoms with Gasteiger partial charge >= 0.3 is 5.97 Å². The van der Waals surface area contributed by atoms with Crippen LogP contribution in [0.5, 0.6) is 0 Å². The molecule has 0 aromatic heterocycles. The van der Waals surface area contributed by atoms with Crippen molar-refractivity contribution >= 4 is 23.3 Å². The van der Waals surface area contributed by atoms with Gasteiger partial charge in [0.15, 0.2) is 17.3 Å². The summed E-state index contributed by atoms with van der Waals surface area (Å²) in [5.74, 6) is -4.36. The Morgan fingerprint density at radius 3 is 2.37 bits per heavy atom. The first-order valence-electron chi connectivity index (χ1n) is 6.43. The van der Waals surface area contributed by atoms with Gasteiger partial charge in [-0.2, -0.15) is 0 Å². The van der Waals surface area contributed by atoms with Crippen molar-refractivity contribution in [1.82, 2.24) is 0 Å². The lowest BCUT2D eigenvalue weighted by atomic mass is 9.63. The third kappa shape index (κ3) is 2.91. The van der Waals surface area contributed by atoms with E-state index in [0.717, 1.165) is 0 Å². The standard InChI is InChI=1S/C14H20O5/c1-5-6-8(15)10-9(16)7-14(2,3)11(12(10)17)13(18)19-4/h10-11H,5-7H2,1-4H3/t10-,11+/m1/s1. The molecule has 19 heavy (non-hydrogen) atoms. The average Bonchev–Trinajstić information content (AvgIpc) is 2.26. The topological polar surface area (TPSA) is 77.5 Å². The van der Waals surface area contributed by atoms with Gasteiger partial charge in [0, 0.05) is 12.8 Å². The van der Waals surface area contributed by atoms with Crippen molar-refractivity contribution in [2.75, 3.05) is 7.11 Å². The number of carbonyl (C=O) groups excluding carboxylic acids is 4. The minimum absolute atomic E-state index is 0.0403. The van der Waals surface area contributed by atoms with Gasteiger partial charge in [-0.25, -0.2) is 0 Å². The van der Waals surface area contributed by atoms with Crippen LogP contribution in [0.1, 0.15) is 40.0 Å². The molecule has 0 spiro atoms. The first-order chi connectivity index (χ1) is 8.76. The van der Waals surface area contributed by atoms with Crippen molar-refractivity contribution < 1.29 is 23.9 Å². The SMILES string of the molecule is CCCC(=O)[C@@H]1C(=O)CC(C)(C)[C@H](C(=O)OC)C1=O. The van der Waals surface area contributed by atoms with Crippen LogP contribution in [0.3, 0.4) is 0 Å². The van der Waals surface area contributed by atoms with Crippen LogP contribution in [0, 0.1) is 17.3 Å². The van der Waals surface area contributed by atoms with Gasteiger partial charge in [0.1, 0.15) is 11.8 Å². The lowest BCUT2D eigenvalue weighted by Crippen LogP contribution is -2.51. The van der Waals surface area contributed by atoms with Gasteiger partial charge in [0.2, 0.25) is 0 Å². The smallest absolute Gasteiger partial charge is 0.316 e. The maximum atomic E-state index is 12.3. The quantitative estimate of drug-likeness (QED) is 0.568. The maximum Gasteiger partial charge on any atom is 0.316 e. The van der Waals surface area contributed by atoms with Gasteiger partial charge in [-0.1, -0.05) is 20.8 Å². The highest BCUT2D eigenvalue weighted by Crippen LogP contribution is 2.40. The number of hydrogen-bond acceptors (Lipinski definition) is 5. The van der Waals surface area contributed by atoms with Crippen LogP contribution in [-0.2, 0) is 23.9 Å². The van der Waals surface area contributed by atoms with Gasteiger partial charge in [0.05, 0.1) is 7.11 Å². The Kier molecular flexibility index (Phi) is 4.61. The largest absolute Gasteiger partial charge is 0.468 e. The molecule has 106 valence electrons. The molecule has 1 aliphatic carbocycles. The Balaban J connectivity index is 3.12. The van der Waals surface area contributed by atoms with E-state index in [9.17, 15) is 19.2 Å². The van der Waals surface area contributed by atoms with Crippen LogP contribution in [0.4, 0.5) is 0 Å². The molecule has 0 aromatic rings. The molecular weight excluding hydrogens is 248 g/mol. The van der Waals surface area contributed by atoms with Crippen LogP contribution in [0.2, 0.25) is 0 Å². The van der Waals surface area contributed by atoms with Gasteiger partial charge in [-0.3, -0.25) is 19.2 Å². The highest BCUT2D eigenvalue weighted by Gasteiger charge is 2.53. The van der Waals surface area contributed by atoms with E-state index in [1.54, 1.807) is 20.8 Å². The lowest BCUT2D eigenvalue weighted by Gasteiger charge is -2.37. The molecule has 1 aliphatic rings. The molecule has 0 amide bonds. The lowest BCUT2D eigenvalue weighted by molar-refractivity contribution is -0.161. The Hall–Kier alpha value is -1.52. The minimum atomic E-state index is -1.28. The third-order valence-electron chi connectivity index (χ3n) is 3.56. The van der Waals surface area contributed by atoms with Gasteiger partial charge in [0.25, 0.3) is 0 Å². The molecule has 5 nitrogen and oxygen atoms in total. The Morgan fingerprint density at radius 2 is 1.89 bits per heavy atom. The number of Topliss-reactive ketones (excluding diaryl/α,β-unsaturated/α-hetero) is 3. The fourth-order valence-electron chi connectivity index (χ4n) is 2.65. The van der Waals surface area contributed by atoms with Gasteiger partial charge in [-0.05, 0) is 11.8 Å². The Bertz CT molecular complexity index is 422. The Labute approximate surface area is 112 Å². The van der Waals surface area contributed by atoms with E-state index < -0.39 is 29.0 Å². The fraction of sp³-hybridized carbons (Fsp3) is 0.714. The van der Waals surface area contributed by atoms with Gasteiger partial charge < -0.3 is 4.74 Å². The molecular formula is C14H20O5. The van der Waals surface area contributed by atoms with Crippen LogP contribution < -0.4 is 0 Å². The molecule has 1 fully saturated rings. The minimum Gasteiger partial charge on any atom is -0.468 e. The molecule has 0 bridgehead atoms. The highest BCUT2D eigenvalue weighted by molar-refractivity contribution is 6.25. The zero-order valence-corrected chi connectivity index (χ0v) is 11.8. The number of hydrogen-bond donors (Lipinski definition) is 0. The number of esters is 1. The maximum absolute atomic E-state index is 12.3. The van der Waals surface area contributed by atoms with Crippen molar-refractivity contribution in [1.29, 1.82) is 0 Å². The monoisotopic (exact) mass is 268 g/mol.